The number of benzene rings is 1. The van der Waals surface area contributed by atoms with Crippen LogP contribution in [0.15, 0.2) is 61.6 Å². The highest BCUT2D eigenvalue weighted by Crippen LogP contribution is 2.29. The highest BCUT2D eigenvalue weighted by Gasteiger charge is 2.14. The first kappa shape index (κ1) is 18.4. The summed E-state index contributed by atoms with van der Waals surface area (Å²) in [6.07, 6.45) is 5.20. The standard InChI is InChI=1S/C19H15F3N4O/c1-2-18(27)24-9-13-8-23-17(12-3-5-15(20)6-4-12)7-16(13)14-10-25-26(11-14)19(21)22/h2-8,10-11,19H,1,9H2,(H,24,27). The molecule has 138 valence electrons. The minimum atomic E-state index is -2.76. The topological polar surface area (TPSA) is 59.8 Å². The number of carbonyl (C=O) groups excluding carboxylic acids is 1. The molecule has 0 saturated carbocycles. The second kappa shape index (κ2) is 7.86. The van der Waals surface area contributed by atoms with Crippen molar-refractivity contribution in [3.63, 3.8) is 0 Å². The summed E-state index contributed by atoms with van der Waals surface area (Å²) in [6, 6.07) is 7.45. The van der Waals surface area contributed by atoms with E-state index in [1.165, 1.54) is 30.7 Å². The van der Waals surface area contributed by atoms with Crippen LogP contribution in [-0.4, -0.2) is 20.7 Å². The summed E-state index contributed by atoms with van der Waals surface area (Å²) < 4.78 is 39.4. The molecule has 0 aliphatic carbocycles. The van der Waals surface area contributed by atoms with Gasteiger partial charge in [0.1, 0.15) is 5.82 Å². The highest BCUT2D eigenvalue weighted by molar-refractivity contribution is 5.87. The third-order valence-corrected chi connectivity index (χ3v) is 3.88. The molecule has 0 atom stereocenters. The number of hydrogen-bond acceptors (Lipinski definition) is 3. The summed E-state index contributed by atoms with van der Waals surface area (Å²) >= 11 is 0. The van der Waals surface area contributed by atoms with Crippen LogP contribution in [0.1, 0.15) is 12.1 Å². The van der Waals surface area contributed by atoms with Gasteiger partial charge in [-0.15, -0.1) is 0 Å². The number of aromatic nitrogens is 3. The lowest BCUT2D eigenvalue weighted by atomic mass is 10.0. The molecule has 1 aromatic carbocycles. The van der Waals surface area contributed by atoms with Crippen LogP contribution in [0.3, 0.4) is 0 Å². The number of alkyl halides is 2. The van der Waals surface area contributed by atoms with E-state index in [0.29, 0.717) is 32.6 Å². The van der Waals surface area contributed by atoms with Crippen molar-refractivity contribution in [2.24, 2.45) is 0 Å². The fourth-order valence-electron chi connectivity index (χ4n) is 2.51. The van der Waals surface area contributed by atoms with Crippen LogP contribution in [0, 0.1) is 5.82 Å². The fraction of sp³-hybridized carbons (Fsp3) is 0.105. The van der Waals surface area contributed by atoms with Crippen molar-refractivity contribution >= 4 is 5.91 Å². The molecule has 3 aromatic rings. The van der Waals surface area contributed by atoms with Crippen molar-refractivity contribution in [3.05, 3.63) is 73.0 Å². The van der Waals surface area contributed by atoms with E-state index in [1.54, 1.807) is 18.2 Å². The van der Waals surface area contributed by atoms with Crippen molar-refractivity contribution in [1.82, 2.24) is 20.1 Å². The molecule has 1 N–H and O–H groups in total. The van der Waals surface area contributed by atoms with Gasteiger partial charge in [-0.05, 0) is 47.5 Å². The Bertz CT molecular complexity index is 967. The fourth-order valence-corrected chi connectivity index (χ4v) is 2.51. The van der Waals surface area contributed by atoms with E-state index in [-0.39, 0.29) is 18.3 Å². The van der Waals surface area contributed by atoms with Crippen molar-refractivity contribution < 1.29 is 18.0 Å². The molecule has 0 saturated heterocycles. The van der Waals surface area contributed by atoms with Gasteiger partial charge < -0.3 is 5.32 Å². The Morgan fingerprint density at radius 2 is 1.96 bits per heavy atom. The summed E-state index contributed by atoms with van der Waals surface area (Å²) in [5, 5.41) is 6.28. The number of rotatable bonds is 6. The van der Waals surface area contributed by atoms with Crippen LogP contribution in [-0.2, 0) is 11.3 Å². The third-order valence-electron chi connectivity index (χ3n) is 3.88. The Balaban J connectivity index is 2.03. The number of pyridine rings is 1. The van der Waals surface area contributed by atoms with Gasteiger partial charge >= 0.3 is 6.55 Å². The molecule has 2 heterocycles. The molecule has 27 heavy (non-hydrogen) atoms. The maximum absolute atomic E-state index is 13.1. The van der Waals surface area contributed by atoms with E-state index in [9.17, 15) is 18.0 Å². The molecule has 0 unspecified atom stereocenters. The SMILES string of the molecule is C=CC(=O)NCc1cnc(-c2ccc(F)cc2)cc1-c1cnn(C(F)F)c1. The van der Waals surface area contributed by atoms with Gasteiger partial charge in [0, 0.05) is 30.1 Å². The molecule has 0 fully saturated rings. The van der Waals surface area contributed by atoms with Crippen molar-refractivity contribution in [3.8, 4) is 22.4 Å². The van der Waals surface area contributed by atoms with Crippen LogP contribution in [0.25, 0.3) is 22.4 Å². The van der Waals surface area contributed by atoms with Gasteiger partial charge in [0.2, 0.25) is 5.91 Å². The minimum Gasteiger partial charge on any atom is -0.348 e. The average Bonchev–Trinajstić information content (AvgIpc) is 3.17. The Kier molecular flexibility index (Phi) is 5.35. The molecule has 0 radical (unpaired) electrons. The van der Waals surface area contributed by atoms with Gasteiger partial charge in [-0.25, -0.2) is 9.07 Å². The number of amides is 1. The molecule has 0 bridgehead atoms. The molecule has 0 aliphatic rings. The zero-order valence-electron chi connectivity index (χ0n) is 14.1. The molecule has 0 spiro atoms. The van der Waals surface area contributed by atoms with Crippen LogP contribution in [0.4, 0.5) is 13.2 Å². The molecule has 3 rings (SSSR count). The average molecular weight is 372 g/mol. The first-order chi connectivity index (χ1) is 13.0. The van der Waals surface area contributed by atoms with Gasteiger partial charge in [0.05, 0.1) is 11.9 Å². The monoisotopic (exact) mass is 372 g/mol. The number of hydrogen-bond donors (Lipinski definition) is 1. The van der Waals surface area contributed by atoms with Gasteiger partial charge in [-0.2, -0.15) is 13.9 Å². The second-order valence-electron chi connectivity index (χ2n) is 5.64. The summed E-state index contributed by atoms with van der Waals surface area (Å²) in [6.45, 7) is 0.755. The van der Waals surface area contributed by atoms with E-state index < -0.39 is 6.55 Å². The molecule has 5 nitrogen and oxygen atoms in total. The summed E-state index contributed by atoms with van der Waals surface area (Å²) in [5.41, 5.74) is 2.85. The quantitative estimate of drug-likeness (QED) is 0.667. The van der Waals surface area contributed by atoms with Crippen LogP contribution >= 0.6 is 0 Å². The Hall–Kier alpha value is -3.42. The van der Waals surface area contributed by atoms with E-state index in [2.05, 4.69) is 22.0 Å². The normalized spacial score (nSPS) is 10.8. The molecule has 2 aromatic heterocycles. The van der Waals surface area contributed by atoms with Crippen molar-refractivity contribution in [1.29, 1.82) is 0 Å². The summed E-state index contributed by atoms with van der Waals surface area (Å²) in [7, 11) is 0. The molecule has 0 aliphatic heterocycles. The second-order valence-corrected chi connectivity index (χ2v) is 5.64. The first-order valence-electron chi connectivity index (χ1n) is 7.95. The van der Waals surface area contributed by atoms with Crippen molar-refractivity contribution in [2.45, 2.75) is 13.1 Å². The zero-order valence-corrected chi connectivity index (χ0v) is 14.1. The molecular formula is C19H15F3N4O. The summed E-state index contributed by atoms with van der Waals surface area (Å²) in [5.74, 6) is -0.743. The number of nitrogens with zero attached hydrogens (tertiary/aromatic N) is 3. The number of halogens is 3. The third kappa shape index (κ3) is 4.22. The number of nitrogens with one attached hydrogen (secondary N) is 1. The maximum Gasteiger partial charge on any atom is 0.333 e. The largest absolute Gasteiger partial charge is 0.348 e. The zero-order chi connectivity index (χ0) is 19.4. The van der Waals surface area contributed by atoms with Gasteiger partial charge in [0.25, 0.3) is 0 Å². The lowest BCUT2D eigenvalue weighted by molar-refractivity contribution is -0.116. The lowest BCUT2D eigenvalue weighted by Crippen LogP contribution is -2.20. The van der Waals surface area contributed by atoms with Crippen molar-refractivity contribution in [2.75, 3.05) is 0 Å². The highest BCUT2D eigenvalue weighted by atomic mass is 19.3. The van der Waals surface area contributed by atoms with E-state index in [1.807, 2.05) is 0 Å². The predicted octanol–water partition coefficient (Wildman–Crippen LogP) is 3.95. The molecule has 8 heteroatoms. The van der Waals surface area contributed by atoms with Crippen LogP contribution < -0.4 is 5.32 Å². The lowest BCUT2D eigenvalue weighted by Gasteiger charge is -2.11. The molecule has 1 amide bonds. The van der Waals surface area contributed by atoms with Crippen LogP contribution in [0.5, 0.6) is 0 Å². The predicted molar refractivity (Wildman–Crippen MR) is 94.1 cm³/mol. The first-order valence-corrected chi connectivity index (χ1v) is 7.95. The van der Waals surface area contributed by atoms with Crippen LogP contribution in [0.2, 0.25) is 0 Å². The van der Waals surface area contributed by atoms with Gasteiger partial charge in [-0.1, -0.05) is 6.58 Å². The van der Waals surface area contributed by atoms with E-state index in [0.717, 1.165) is 6.08 Å². The number of carbonyl (C=O) groups is 1. The minimum absolute atomic E-state index is 0.136. The smallest absolute Gasteiger partial charge is 0.333 e. The Morgan fingerprint density at radius 3 is 2.59 bits per heavy atom. The van der Waals surface area contributed by atoms with Gasteiger partial charge in [0.15, 0.2) is 0 Å². The summed E-state index contributed by atoms with van der Waals surface area (Å²) in [4.78, 5) is 15.8. The molecular weight excluding hydrogens is 357 g/mol. The van der Waals surface area contributed by atoms with Gasteiger partial charge in [-0.3, -0.25) is 9.78 Å². The van der Waals surface area contributed by atoms with E-state index >= 15 is 0 Å². The Morgan fingerprint density at radius 1 is 1.22 bits per heavy atom. The van der Waals surface area contributed by atoms with E-state index in [4.69, 9.17) is 0 Å². The maximum atomic E-state index is 13.1. The Labute approximate surface area is 153 Å².